The van der Waals surface area contributed by atoms with Crippen LogP contribution in [0.2, 0.25) is 0 Å². The van der Waals surface area contributed by atoms with Crippen LogP contribution in [0.4, 0.5) is 0 Å². The third-order valence-corrected chi connectivity index (χ3v) is 4.11. The number of likely N-dealkylation sites (N-methyl/N-ethyl adjacent to an activating group) is 1. The fourth-order valence-electron chi connectivity index (χ4n) is 2.65. The molecular formula is C23H29NO4. The number of nitrogens with zero attached hydrogens (tertiary/aromatic N) is 1. The van der Waals surface area contributed by atoms with Gasteiger partial charge in [0.15, 0.2) is 11.5 Å². The van der Waals surface area contributed by atoms with Crippen LogP contribution in [-0.2, 0) is 4.79 Å². The average Bonchev–Trinajstić information content (AvgIpc) is 2.72. The van der Waals surface area contributed by atoms with Crippen molar-refractivity contribution in [3.8, 4) is 17.2 Å². The first-order chi connectivity index (χ1) is 13.7. The van der Waals surface area contributed by atoms with Crippen LogP contribution in [0.15, 0.2) is 54.6 Å². The molecule has 1 amide bonds. The summed E-state index contributed by atoms with van der Waals surface area (Å²) in [5, 5.41) is 0. The van der Waals surface area contributed by atoms with E-state index in [1.165, 1.54) is 0 Å². The summed E-state index contributed by atoms with van der Waals surface area (Å²) in [6.45, 7) is 8.63. The molecule has 0 aliphatic heterocycles. The summed E-state index contributed by atoms with van der Waals surface area (Å²) in [5.74, 6) is 2.13. The molecule has 2 aromatic carbocycles. The lowest BCUT2D eigenvalue weighted by molar-refractivity contribution is -0.125. The van der Waals surface area contributed by atoms with E-state index < -0.39 is 0 Å². The molecule has 2 aromatic rings. The number of para-hydroxylation sites is 1. The fourth-order valence-corrected chi connectivity index (χ4v) is 2.65. The van der Waals surface area contributed by atoms with Crippen molar-refractivity contribution in [2.24, 2.45) is 0 Å². The Morgan fingerprint density at radius 1 is 0.893 bits per heavy atom. The minimum atomic E-state index is 0.00125. The topological polar surface area (TPSA) is 48.0 Å². The molecule has 0 saturated heterocycles. The van der Waals surface area contributed by atoms with Crippen LogP contribution in [-0.4, -0.2) is 43.7 Å². The molecule has 5 nitrogen and oxygen atoms in total. The normalized spacial score (nSPS) is 10.7. The van der Waals surface area contributed by atoms with E-state index in [1.54, 1.807) is 17.1 Å². The molecule has 0 heterocycles. The van der Waals surface area contributed by atoms with Crippen LogP contribution in [0.1, 0.15) is 26.3 Å². The number of amides is 1. The molecule has 0 aromatic heterocycles. The molecule has 0 saturated carbocycles. The van der Waals surface area contributed by atoms with Gasteiger partial charge in [-0.25, -0.2) is 0 Å². The first kappa shape index (κ1) is 21.4. The molecule has 0 aliphatic carbocycles. The summed E-state index contributed by atoms with van der Waals surface area (Å²) in [4.78, 5) is 13.9. The zero-order chi connectivity index (χ0) is 20.2. The van der Waals surface area contributed by atoms with Gasteiger partial charge < -0.3 is 19.1 Å². The van der Waals surface area contributed by atoms with Crippen molar-refractivity contribution < 1.29 is 19.0 Å². The molecule has 0 spiro atoms. The van der Waals surface area contributed by atoms with Gasteiger partial charge in [0.25, 0.3) is 0 Å². The molecule has 0 unspecified atom stereocenters. The number of benzene rings is 2. The average molecular weight is 383 g/mol. The van der Waals surface area contributed by atoms with Crippen LogP contribution < -0.4 is 14.2 Å². The van der Waals surface area contributed by atoms with Crippen molar-refractivity contribution in [2.45, 2.75) is 20.8 Å². The highest BCUT2D eigenvalue weighted by Crippen LogP contribution is 2.29. The van der Waals surface area contributed by atoms with Crippen molar-refractivity contribution >= 4 is 12.0 Å². The standard InChI is InChI=1S/C23H29NO4/c1-4-24(5-2)23(25)15-13-19-12-14-21(22(18-19)26-6-3)28-17-16-27-20-10-8-7-9-11-20/h7-15,18H,4-6,16-17H2,1-3H3/b15-13+. The summed E-state index contributed by atoms with van der Waals surface area (Å²) in [6.07, 6.45) is 3.39. The lowest BCUT2D eigenvalue weighted by Crippen LogP contribution is -2.28. The van der Waals surface area contributed by atoms with E-state index in [-0.39, 0.29) is 5.91 Å². The Morgan fingerprint density at radius 3 is 2.29 bits per heavy atom. The minimum absolute atomic E-state index is 0.00125. The molecule has 0 atom stereocenters. The SMILES string of the molecule is CCOc1cc(/C=C/C(=O)N(CC)CC)ccc1OCCOc1ccccc1. The number of hydrogen-bond donors (Lipinski definition) is 0. The quantitative estimate of drug-likeness (QED) is 0.426. The number of hydrogen-bond acceptors (Lipinski definition) is 4. The molecule has 150 valence electrons. The first-order valence-electron chi connectivity index (χ1n) is 9.72. The maximum absolute atomic E-state index is 12.1. The zero-order valence-electron chi connectivity index (χ0n) is 16.9. The molecule has 0 N–H and O–H groups in total. The van der Waals surface area contributed by atoms with Crippen molar-refractivity contribution in [2.75, 3.05) is 32.9 Å². The third kappa shape index (κ3) is 6.65. The van der Waals surface area contributed by atoms with Gasteiger partial charge in [0.2, 0.25) is 5.91 Å². The van der Waals surface area contributed by atoms with Gasteiger partial charge >= 0.3 is 0 Å². The zero-order valence-corrected chi connectivity index (χ0v) is 16.9. The number of rotatable bonds is 11. The second-order valence-electron chi connectivity index (χ2n) is 5.99. The number of carbonyl (C=O) groups is 1. The lowest BCUT2D eigenvalue weighted by Gasteiger charge is -2.16. The third-order valence-electron chi connectivity index (χ3n) is 4.11. The number of ether oxygens (including phenoxy) is 3. The van der Waals surface area contributed by atoms with Gasteiger partial charge in [-0.05, 0) is 56.7 Å². The predicted octanol–water partition coefficient (Wildman–Crippen LogP) is 4.42. The highest BCUT2D eigenvalue weighted by atomic mass is 16.5. The second-order valence-corrected chi connectivity index (χ2v) is 5.99. The molecule has 2 rings (SSSR count). The predicted molar refractivity (Wildman–Crippen MR) is 112 cm³/mol. The Hall–Kier alpha value is -2.95. The van der Waals surface area contributed by atoms with Crippen molar-refractivity contribution in [1.29, 1.82) is 0 Å². The maximum atomic E-state index is 12.1. The maximum Gasteiger partial charge on any atom is 0.246 e. The summed E-state index contributed by atoms with van der Waals surface area (Å²) >= 11 is 0. The van der Waals surface area contributed by atoms with Crippen molar-refractivity contribution in [1.82, 2.24) is 4.90 Å². The Bertz CT molecular complexity index is 754. The van der Waals surface area contributed by atoms with E-state index in [1.807, 2.05) is 69.3 Å². The summed E-state index contributed by atoms with van der Waals surface area (Å²) in [7, 11) is 0. The van der Waals surface area contributed by atoms with Gasteiger partial charge in [0.1, 0.15) is 19.0 Å². The molecule has 0 bridgehead atoms. The Kier molecular flexibility index (Phi) is 8.92. The van der Waals surface area contributed by atoms with Crippen molar-refractivity contribution in [3.05, 3.63) is 60.2 Å². The van der Waals surface area contributed by atoms with E-state index in [2.05, 4.69) is 0 Å². The van der Waals surface area contributed by atoms with Crippen LogP contribution >= 0.6 is 0 Å². The van der Waals surface area contributed by atoms with Crippen LogP contribution in [0.3, 0.4) is 0 Å². The smallest absolute Gasteiger partial charge is 0.246 e. The van der Waals surface area contributed by atoms with E-state index in [0.717, 1.165) is 11.3 Å². The van der Waals surface area contributed by atoms with Gasteiger partial charge in [0.05, 0.1) is 6.61 Å². The van der Waals surface area contributed by atoms with Crippen LogP contribution in [0.5, 0.6) is 17.2 Å². The molecule has 0 aliphatic rings. The molecule has 0 radical (unpaired) electrons. The van der Waals surface area contributed by atoms with Gasteiger partial charge in [-0.15, -0.1) is 0 Å². The Morgan fingerprint density at radius 2 is 1.61 bits per heavy atom. The first-order valence-corrected chi connectivity index (χ1v) is 9.72. The minimum Gasteiger partial charge on any atom is -0.490 e. The van der Waals surface area contributed by atoms with Gasteiger partial charge in [0, 0.05) is 19.2 Å². The molecule has 28 heavy (non-hydrogen) atoms. The fraction of sp³-hybridized carbons (Fsp3) is 0.348. The highest BCUT2D eigenvalue weighted by molar-refractivity contribution is 5.91. The van der Waals surface area contributed by atoms with E-state index in [9.17, 15) is 4.79 Å². The Balaban J connectivity index is 1.96. The van der Waals surface area contributed by atoms with Gasteiger partial charge in [-0.1, -0.05) is 24.3 Å². The molecular weight excluding hydrogens is 354 g/mol. The van der Waals surface area contributed by atoms with Gasteiger partial charge in [-0.3, -0.25) is 4.79 Å². The summed E-state index contributed by atoms with van der Waals surface area (Å²) in [6, 6.07) is 15.3. The van der Waals surface area contributed by atoms with Crippen LogP contribution in [0, 0.1) is 0 Å². The monoisotopic (exact) mass is 383 g/mol. The summed E-state index contributed by atoms with van der Waals surface area (Å²) in [5.41, 5.74) is 0.886. The van der Waals surface area contributed by atoms with E-state index in [0.29, 0.717) is 44.4 Å². The Labute approximate surface area is 167 Å². The number of carbonyl (C=O) groups excluding carboxylic acids is 1. The molecule has 5 heteroatoms. The molecule has 0 fully saturated rings. The van der Waals surface area contributed by atoms with Gasteiger partial charge in [-0.2, -0.15) is 0 Å². The largest absolute Gasteiger partial charge is 0.490 e. The highest BCUT2D eigenvalue weighted by Gasteiger charge is 2.08. The van der Waals surface area contributed by atoms with E-state index >= 15 is 0 Å². The second kappa shape index (κ2) is 11.7. The van der Waals surface area contributed by atoms with Crippen LogP contribution in [0.25, 0.3) is 6.08 Å². The van der Waals surface area contributed by atoms with E-state index in [4.69, 9.17) is 14.2 Å². The van der Waals surface area contributed by atoms with Crippen molar-refractivity contribution in [3.63, 3.8) is 0 Å². The lowest BCUT2D eigenvalue weighted by atomic mass is 10.2. The summed E-state index contributed by atoms with van der Waals surface area (Å²) < 4.78 is 17.2.